The first-order valence-electron chi connectivity index (χ1n) is 8.09. The maximum Gasteiger partial charge on any atom is 0.227 e. The Hall–Kier alpha value is -1.88. The van der Waals surface area contributed by atoms with Crippen LogP contribution in [0, 0.1) is 0 Å². The van der Waals surface area contributed by atoms with Gasteiger partial charge in [0.2, 0.25) is 17.6 Å². The van der Waals surface area contributed by atoms with Crippen molar-refractivity contribution in [3.63, 3.8) is 0 Å². The summed E-state index contributed by atoms with van der Waals surface area (Å²) in [6, 6.07) is 7.36. The molecule has 0 spiro atoms. The molecule has 0 saturated carbocycles. The Bertz CT molecular complexity index is 663. The van der Waals surface area contributed by atoms with Crippen LogP contribution in [-0.2, 0) is 11.2 Å². The molecule has 1 fully saturated rings. The van der Waals surface area contributed by atoms with E-state index in [2.05, 4.69) is 10.1 Å². The van der Waals surface area contributed by atoms with Crippen LogP contribution in [0.3, 0.4) is 0 Å². The van der Waals surface area contributed by atoms with Crippen molar-refractivity contribution < 1.29 is 9.32 Å². The average Bonchev–Trinajstić information content (AvgIpc) is 2.86. The lowest BCUT2D eigenvalue weighted by Gasteiger charge is -2.19. The fraction of sp³-hybridized carbons (Fsp3) is 0.471. The van der Waals surface area contributed by atoms with E-state index >= 15 is 0 Å². The monoisotopic (exact) mass is 333 g/mol. The van der Waals surface area contributed by atoms with Gasteiger partial charge in [0.15, 0.2) is 0 Å². The highest BCUT2D eigenvalue weighted by molar-refractivity contribution is 6.33. The van der Waals surface area contributed by atoms with E-state index in [1.165, 1.54) is 12.8 Å². The minimum atomic E-state index is 0.171. The number of carbonyl (C=O) groups is 1. The Balaban J connectivity index is 1.59. The zero-order valence-corrected chi connectivity index (χ0v) is 13.8. The molecule has 2 aromatic rings. The van der Waals surface area contributed by atoms with Crippen molar-refractivity contribution in [3.8, 4) is 11.4 Å². The fourth-order valence-electron chi connectivity index (χ4n) is 2.80. The van der Waals surface area contributed by atoms with Crippen molar-refractivity contribution in [2.45, 2.75) is 38.5 Å². The van der Waals surface area contributed by atoms with Gasteiger partial charge >= 0.3 is 0 Å². The normalized spacial score (nSPS) is 15.4. The molecule has 6 heteroatoms. The minimum absolute atomic E-state index is 0.171. The summed E-state index contributed by atoms with van der Waals surface area (Å²) in [5, 5.41) is 4.54. The molecule has 0 bridgehead atoms. The van der Waals surface area contributed by atoms with E-state index in [0.717, 1.165) is 31.5 Å². The molecule has 3 rings (SSSR count). The third-order valence-corrected chi connectivity index (χ3v) is 4.42. The van der Waals surface area contributed by atoms with Gasteiger partial charge < -0.3 is 9.42 Å². The van der Waals surface area contributed by atoms with Crippen molar-refractivity contribution in [2.24, 2.45) is 0 Å². The van der Waals surface area contributed by atoms with Gasteiger partial charge in [0.25, 0.3) is 0 Å². The number of hydrogen-bond acceptors (Lipinski definition) is 4. The Morgan fingerprint density at radius 2 is 1.91 bits per heavy atom. The Kier molecular flexibility index (Phi) is 5.28. The van der Waals surface area contributed by atoms with Gasteiger partial charge in [0.05, 0.1) is 5.02 Å². The van der Waals surface area contributed by atoms with Crippen LogP contribution in [0.25, 0.3) is 11.4 Å². The van der Waals surface area contributed by atoms with Crippen LogP contribution in [0.4, 0.5) is 0 Å². The third kappa shape index (κ3) is 4.10. The maximum absolute atomic E-state index is 12.3. The van der Waals surface area contributed by atoms with Crippen molar-refractivity contribution in [1.29, 1.82) is 0 Å². The van der Waals surface area contributed by atoms with E-state index in [4.69, 9.17) is 16.1 Å². The van der Waals surface area contributed by atoms with Gasteiger partial charge in [-0.05, 0) is 25.0 Å². The molecule has 122 valence electrons. The van der Waals surface area contributed by atoms with E-state index in [1.54, 1.807) is 6.07 Å². The smallest absolute Gasteiger partial charge is 0.227 e. The first-order chi connectivity index (χ1) is 11.2. The van der Waals surface area contributed by atoms with Gasteiger partial charge in [-0.1, -0.05) is 41.7 Å². The molecule has 0 radical (unpaired) electrons. The summed E-state index contributed by atoms with van der Waals surface area (Å²) in [5.74, 6) is 1.11. The molecule has 1 aliphatic rings. The highest BCUT2D eigenvalue weighted by Crippen LogP contribution is 2.25. The van der Waals surface area contributed by atoms with Gasteiger partial charge in [-0.3, -0.25) is 4.79 Å². The molecule has 2 heterocycles. The molecule has 1 aliphatic heterocycles. The predicted molar refractivity (Wildman–Crippen MR) is 88.1 cm³/mol. The van der Waals surface area contributed by atoms with E-state index in [9.17, 15) is 4.79 Å². The highest BCUT2D eigenvalue weighted by atomic mass is 35.5. The number of rotatable bonds is 4. The summed E-state index contributed by atoms with van der Waals surface area (Å²) in [6.07, 6.45) is 5.51. The lowest BCUT2D eigenvalue weighted by Crippen LogP contribution is -2.31. The minimum Gasteiger partial charge on any atom is -0.343 e. The van der Waals surface area contributed by atoms with E-state index in [-0.39, 0.29) is 5.91 Å². The van der Waals surface area contributed by atoms with E-state index in [1.807, 2.05) is 23.1 Å². The lowest BCUT2D eigenvalue weighted by molar-refractivity contribution is -0.131. The number of halogens is 1. The standard InChI is InChI=1S/C17H20ClN3O2/c18-14-8-4-3-7-13(14)17-19-15(23-20-17)9-10-16(22)21-11-5-1-2-6-12-21/h3-4,7-8H,1-2,5-6,9-12H2. The molecule has 1 amide bonds. The zero-order chi connectivity index (χ0) is 16.1. The zero-order valence-electron chi connectivity index (χ0n) is 13.0. The predicted octanol–water partition coefficient (Wildman–Crippen LogP) is 3.73. The Labute approximate surface area is 140 Å². The topological polar surface area (TPSA) is 59.2 Å². The van der Waals surface area contributed by atoms with Gasteiger partial charge in [-0.25, -0.2) is 0 Å². The molecule has 0 atom stereocenters. The molecule has 1 aromatic carbocycles. The van der Waals surface area contributed by atoms with Crippen LogP contribution in [-0.4, -0.2) is 34.0 Å². The highest BCUT2D eigenvalue weighted by Gasteiger charge is 2.17. The third-order valence-electron chi connectivity index (χ3n) is 4.09. The number of carbonyl (C=O) groups excluding carboxylic acids is 1. The van der Waals surface area contributed by atoms with Crippen LogP contribution in [0.2, 0.25) is 5.02 Å². The number of likely N-dealkylation sites (tertiary alicyclic amines) is 1. The SMILES string of the molecule is O=C(CCc1nc(-c2ccccc2Cl)no1)N1CCCCCC1. The summed E-state index contributed by atoms with van der Waals surface area (Å²) < 4.78 is 5.25. The molecule has 5 nitrogen and oxygen atoms in total. The van der Waals surface area contributed by atoms with Crippen LogP contribution in [0.5, 0.6) is 0 Å². The summed E-state index contributed by atoms with van der Waals surface area (Å²) in [7, 11) is 0. The molecule has 23 heavy (non-hydrogen) atoms. The molecule has 1 saturated heterocycles. The summed E-state index contributed by atoms with van der Waals surface area (Å²) in [5.41, 5.74) is 0.739. The Morgan fingerprint density at radius 1 is 1.17 bits per heavy atom. The average molecular weight is 334 g/mol. The fourth-order valence-corrected chi connectivity index (χ4v) is 3.02. The van der Waals surface area contributed by atoms with Crippen molar-refractivity contribution in [3.05, 3.63) is 35.2 Å². The first kappa shape index (κ1) is 16.0. The van der Waals surface area contributed by atoms with Crippen LogP contribution < -0.4 is 0 Å². The number of aromatic nitrogens is 2. The number of benzene rings is 1. The molecule has 1 aromatic heterocycles. The maximum atomic E-state index is 12.3. The second kappa shape index (κ2) is 7.59. The van der Waals surface area contributed by atoms with Crippen LogP contribution in [0.1, 0.15) is 38.0 Å². The number of aryl methyl sites for hydroxylation is 1. The second-order valence-corrected chi connectivity index (χ2v) is 6.19. The largest absolute Gasteiger partial charge is 0.343 e. The quantitative estimate of drug-likeness (QED) is 0.855. The number of hydrogen-bond donors (Lipinski definition) is 0. The molecular weight excluding hydrogens is 314 g/mol. The van der Waals surface area contributed by atoms with Gasteiger partial charge in [0, 0.05) is 31.5 Å². The summed E-state index contributed by atoms with van der Waals surface area (Å²) in [6.45, 7) is 1.74. The van der Waals surface area contributed by atoms with E-state index in [0.29, 0.717) is 29.6 Å². The summed E-state index contributed by atoms with van der Waals surface area (Å²) in [4.78, 5) is 18.6. The second-order valence-electron chi connectivity index (χ2n) is 5.79. The van der Waals surface area contributed by atoms with Crippen LogP contribution in [0.15, 0.2) is 28.8 Å². The van der Waals surface area contributed by atoms with Crippen molar-refractivity contribution in [1.82, 2.24) is 15.0 Å². The van der Waals surface area contributed by atoms with Crippen molar-refractivity contribution >= 4 is 17.5 Å². The molecule has 0 N–H and O–H groups in total. The van der Waals surface area contributed by atoms with Crippen molar-refractivity contribution in [2.75, 3.05) is 13.1 Å². The van der Waals surface area contributed by atoms with Gasteiger partial charge in [-0.15, -0.1) is 0 Å². The number of amides is 1. The van der Waals surface area contributed by atoms with Gasteiger partial charge in [-0.2, -0.15) is 4.98 Å². The molecular formula is C17H20ClN3O2. The van der Waals surface area contributed by atoms with Crippen LogP contribution >= 0.6 is 11.6 Å². The summed E-state index contributed by atoms with van der Waals surface area (Å²) >= 11 is 6.13. The first-order valence-corrected chi connectivity index (χ1v) is 8.47. The molecule has 0 aliphatic carbocycles. The lowest BCUT2D eigenvalue weighted by atomic mass is 10.2. The van der Waals surface area contributed by atoms with Gasteiger partial charge in [0.1, 0.15) is 0 Å². The van der Waals surface area contributed by atoms with E-state index < -0.39 is 0 Å². The number of nitrogens with zero attached hydrogens (tertiary/aromatic N) is 3. The Morgan fingerprint density at radius 3 is 2.65 bits per heavy atom. The molecule has 0 unspecified atom stereocenters.